The summed E-state index contributed by atoms with van der Waals surface area (Å²) in [4.78, 5) is 0. The van der Waals surface area contributed by atoms with Crippen LogP contribution in [0.4, 0.5) is 5.82 Å². The van der Waals surface area contributed by atoms with Gasteiger partial charge in [-0.15, -0.1) is 0 Å². The molecule has 6 nitrogen and oxygen atoms in total. The van der Waals surface area contributed by atoms with Crippen LogP contribution < -0.4 is 15.2 Å². The minimum atomic E-state index is 0.228. The molecule has 0 saturated heterocycles. The zero-order chi connectivity index (χ0) is 14.4. The molecule has 0 aliphatic carbocycles. The number of hydrogen-bond acceptors (Lipinski definition) is 6. The van der Waals surface area contributed by atoms with Crippen molar-refractivity contribution in [1.29, 1.82) is 0 Å². The van der Waals surface area contributed by atoms with Gasteiger partial charge in [0.25, 0.3) is 0 Å². The van der Waals surface area contributed by atoms with Crippen molar-refractivity contribution in [3.05, 3.63) is 36.3 Å². The van der Waals surface area contributed by atoms with E-state index in [1.165, 1.54) is 0 Å². The largest absolute Gasteiger partial charge is 0.469 e. The van der Waals surface area contributed by atoms with Crippen LogP contribution in [0.1, 0.15) is 5.76 Å². The second-order valence-corrected chi connectivity index (χ2v) is 4.73. The Hall–Kier alpha value is -2.89. The molecule has 0 bridgehead atoms. The number of aryl methyl sites for hydroxylation is 1. The topological polar surface area (TPSA) is 83.7 Å². The predicted molar refractivity (Wildman–Crippen MR) is 74.9 cm³/mol. The monoisotopic (exact) mass is 284 g/mol. The lowest BCUT2D eigenvalue weighted by atomic mass is 10.0. The number of hydrogen-bond donors (Lipinski definition) is 1. The lowest BCUT2D eigenvalue weighted by Crippen LogP contribution is -1.93. The van der Waals surface area contributed by atoms with E-state index in [0.717, 1.165) is 28.2 Å². The van der Waals surface area contributed by atoms with Crippen LogP contribution >= 0.6 is 0 Å². The third kappa shape index (κ3) is 1.76. The summed E-state index contributed by atoms with van der Waals surface area (Å²) in [5, 5.41) is 3.87. The molecule has 0 radical (unpaired) electrons. The van der Waals surface area contributed by atoms with Gasteiger partial charge < -0.3 is 24.1 Å². The van der Waals surface area contributed by atoms with Gasteiger partial charge in [-0.1, -0.05) is 11.2 Å². The van der Waals surface area contributed by atoms with E-state index in [-0.39, 0.29) is 6.79 Å². The lowest BCUT2D eigenvalue weighted by molar-refractivity contribution is 0.174. The average molecular weight is 284 g/mol. The van der Waals surface area contributed by atoms with Gasteiger partial charge >= 0.3 is 0 Å². The van der Waals surface area contributed by atoms with E-state index in [2.05, 4.69) is 5.16 Å². The van der Waals surface area contributed by atoms with Crippen molar-refractivity contribution in [1.82, 2.24) is 5.16 Å². The maximum atomic E-state index is 5.97. The number of ether oxygens (including phenoxy) is 2. The summed E-state index contributed by atoms with van der Waals surface area (Å²) >= 11 is 0. The fourth-order valence-electron chi connectivity index (χ4n) is 2.44. The first-order chi connectivity index (χ1) is 10.2. The number of anilines is 1. The van der Waals surface area contributed by atoms with E-state index in [4.69, 9.17) is 24.1 Å². The van der Waals surface area contributed by atoms with Gasteiger partial charge in [0.2, 0.25) is 6.79 Å². The molecule has 1 aliphatic heterocycles. The van der Waals surface area contributed by atoms with Crippen molar-refractivity contribution in [3.63, 3.8) is 0 Å². The Bertz CT molecular complexity index is 819. The summed E-state index contributed by atoms with van der Waals surface area (Å²) in [5.41, 5.74) is 8.37. The van der Waals surface area contributed by atoms with E-state index < -0.39 is 0 Å². The van der Waals surface area contributed by atoms with Gasteiger partial charge in [-0.05, 0) is 30.7 Å². The van der Waals surface area contributed by atoms with Crippen LogP contribution in [0.2, 0.25) is 0 Å². The minimum Gasteiger partial charge on any atom is -0.469 e. The van der Waals surface area contributed by atoms with Crippen LogP contribution in [0.25, 0.3) is 22.5 Å². The van der Waals surface area contributed by atoms with Gasteiger partial charge in [0.05, 0.1) is 17.4 Å². The fraction of sp³-hybridized carbons (Fsp3) is 0.133. The van der Waals surface area contributed by atoms with Gasteiger partial charge in [0.15, 0.2) is 23.1 Å². The molecule has 1 aromatic carbocycles. The SMILES string of the molecule is Cc1occc1-c1onc(N)c1-c1ccc2c(c1)OCO2. The molecule has 2 N–H and O–H groups in total. The molecule has 0 fully saturated rings. The smallest absolute Gasteiger partial charge is 0.231 e. The second-order valence-electron chi connectivity index (χ2n) is 4.73. The van der Waals surface area contributed by atoms with Crippen LogP contribution in [0, 0.1) is 6.92 Å². The van der Waals surface area contributed by atoms with Gasteiger partial charge in [0, 0.05) is 0 Å². The zero-order valence-electron chi connectivity index (χ0n) is 11.3. The summed E-state index contributed by atoms with van der Waals surface area (Å²) in [7, 11) is 0. The number of nitrogens with zero attached hydrogens (tertiary/aromatic N) is 1. The number of nitrogen functional groups attached to an aromatic ring is 1. The van der Waals surface area contributed by atoms with Crippen molar-refractivity contribution >= 4 is 5.82 Å². The molecular formula is C15H12N2O4. The number of benzene rings is 1. The third-order valence-electron chi connectivity index (χ3n) is 3.48. The minimum absolute atomic E-state index is 0.228. The van der Waals surface area contributed by atoms with Crippen LogP contribution in [0.5, 0.6) is 11.5 Å². The Morgan fingerprint density at radius 1 is 1.14 bits per heavy atom. The second kappa shape index (κ2) is 4.31. The highest BCUT2D eigenvalue weighted by Gasteiger charge is 2.22. The Labute approximate surface area is 120 Å². The Balaban J connectivity index is 1.89. The molecule has 0 saturated carbocycles. The van der Waals surface area contributed by atoms with E-state index in [1.807, 2.05) is 31.2 Å². The first kappa shape index (κ1) is 11.9. The number of rotatable bonds is 2. The van der Waals surface area contributed by atoms with Gasteiger partial charge in [-0.25, -0.2) is 0 Å². The van der Waals surface area contributed by atoms with Crippen molar-refractivity contribution in [2.45, 2.75) is 6.92 Å². The van der Waals surface area contributed by atoms with E-state index in [0.29, 0.717) is 17.3 Å². The molecule has 6 heteroatoms. The first-order valence-corrected chi connectivity index (χ1v) is 6.43. The first-order valence-electron chi connectivity index (χ1n) is 6.43. The zero-order valence-corrected chi connectivity index (χ0v) is 11.3. The lowest BCUT2D eigenvalue weighted by Gasteiger charge is -2.03. The van der Waals surface area contributed by atoms with Crippen LogP contribution in [-0.4, -0.2) is 11.9 Å². The molecule has 21 heavy (non-hydrogen) atoms. The van der Waals surface area contributed by atoms with Gasteiger partial charge in [-0.2, -0.15) is 0 Å². The van der Waals surface area contributed by atoms with Crippen LogP contribution in [0.15, 0.2) is 39.5 Å². The van der Waals surface area contributed by atoms with Gasteiger partial charge in [0.1, 0.15) is 5.76 Å². The molecule has 1 aliphatic rings. The molecule has 0 unspecified atom stereocenters. The Kier molecular flexibility index (Phi) is 2.44. The summed E-state index contributed by atoms with van der Waals surface area (Å²) in [5.74, 6) is 3.05. The molecular weight excluding hydrogens is 272 g/mol. The van der Waals surface area contributed by atoms with E-state index >= 15 is 0 Å². The number of nitrogens with two attached hydrogens (primary N) is 1. The highest BCUT2D eigenvalue weighted by molar-refractivity contribution is 5.87. The molecule has 0 spiro atoms. The maximum Gasteiger partial charge on any atom is 0.231 e. The molecule has 2 aromatic heterocycles. The summed E-state index contributed by atoms with van der Waals surface area (Å²) in [6, 6.07) is 7.43. The number of furan rings is 1. The normalized spacial score (nSPS) is 12.8. The van der Waals surface area contributed by atoms with Crippen molar-refractivity contribution < 1.29 is 18.4 Å². The number of aromatic nitrogens is 1. The molecule has 0 amide bonds. The summed E-state index contributed by atoms with van der Waals surface area (Å²) in [6.07, 6.45) is 1.60. The standard InChI is InChI=1S/C15H12N2O4/c1-8-10(4-5-18-8)14-13(15(16)17-21-14)9-2-3-11-12(6-9)20-7-19-11/h2-6H,7H2,1H3,(H2,16,17). The molecule has 3 aromatic rings. The van der Waals surface area contributed by atoms with Crippen molar-refractivity contribution in [2.75, 3.05) is 12.5 Å². The quantitative estimate of drug-likeness (QED) is 0.777. The average Bonchev–Trinajstić information content (AvgIpc) is 3.17. The van der Waals surface area contributed by atoms with Crippen molar-refractivity contribution in [3.8, 4) is 33.9 Å². The predicted octanol–water partition coefficient (Wildman–Crippen LogP) is 3.22. The highest BCUT2D eigenvalue weighted by atomic mass is 16.7. The maximum absolute atomic E-state index is 5.97. The van der Waals surface area contributed by atoms with Crippen molar-refractivity contribution in [2.24, 2.45) is 0 Å². The van der Waals surface area contributed by atoms with Gasteiger partial charge in [-0.3, -0.25) is 0 Å². The summed E-state index contributed by atoms with van der Waals surface area (Å²) < 4.78 is 21.4. The van der Waals surface area contributed by atoms with Crippen LogP contribution in [0.3, 0.4) is 0 Å². The Morgan fingerprint density at radius 3 is 2.81 bits per heavy atom. The summed E-state index contributed by atoms with van der Waals surface area (Å²) in [6.45, 7) is 2.09. The highest BCUT2D eigenvalue weighted by Crippen LogP contribution is 2.42. The Morgan fingerprint density at radius 2 is 2.00 bits per heavy atom. The molecule has 106 valence electrons. The molecule has 4 rings (SSSR count). The van der Waals surface area contributed by atoms with Crippen LogP contribution in [-0.2, 0) is 0 Å². The molecule has 0 atom stereocenters. The van der Waals surface area contributed by atoms with E-state index in [1.54, 1.807) is 6.26 Å². The number of fused-ring (bicyclic) bond motifs is 1. The third-order valence-corrected chi connectivity index (χ3v) is 3.48. The molecule has 3 heterocycles. The fourth-order valence-corrected chi connectivity index (χ4v) is 2.44. The van der Waals surface area contributed by atoms with E-state index in [9.17, 15) is 0 Å².